The first-order valence-corrected chi connectivity index (χ1v) is 9.46. The Bertz CT molecular complexity index is 976. The highest BCUT2D eigenvalue weighted by Gasteiger charge is 2.15. The Morgan fingerprint density at radius 2 is 1.65 bits per heavy atom. The fraction of sp³-hybridized carbons (Fsp3) is 0.150. The molecule has 0 amide bonds. The minimum absolute atomic E-state index is 0.862. The van der Waals surface area contributed by atoms with Gasteiger partial charge in [0, 0.05) is 30.2 Å². The molecule has 130 valence electrons. The van der Waals surface area contributed by atoms with Gasteiger partial charge in [-0.05, 0) is 24.1 Å². The van der Waals surface area contributed by atoms with Gasteiger partial charge in [-0.25, -0.2) is 0 Å². The number of benzene rings is 2. The smallest absolute Gasteiger partial charge is 0.196 e. The van der Waals surface area contributed by atoms with Gasteiger partial charge in [0.2, 0.25) is 0 Å². The van der Waals surface area contributed by atoms with Crippen molar-refractivity contribution in [3.63, 3.8) is 0 Å². The van der Waals surface area contributed by atoms with E-state index >= 15 is 0 Å². The van der Waals surface area contributed by atoms with Crippen molar-refractivity contribution in [2.45, 2.75) is 11.6 Å². The second-order valence-electron chi connectivity index (χ2n) is 5.96. The lowest BCUT2D eigenvalue weighted by Crippen LogP contribution is -2.00. The predicted octanol–water partition coefficient (Wildman–Crippen LogP) is 4.00. The third kappa shape index (κ3) is 3.55. The van der Waals surface area contributed by atoms with Gasteiger partial charge >= 0.3 is 0 Å². The Morgan fingerprint density at radius 1 is 0.923 bits per heavy atom. The second-order valence-corrected chi connectivity index (χ2v) is 7.03. The van der Waals surface area contributed by atoms with Gasteiger partial charge in [0.05, 0.1) is 6.20 Å². The maximum atomic E-state index is 4.47. The summed E-state index contributed by atoms with van der Waals surface area (Å²) in [5, 5.41) is 14.1. The first-order valence-electron chi connectivity index (χ1n) is 8.48. The normalized spacial score (nSPS) is 11.0. The lowest BCUT2D eigenvalue weighted by Gasteiger charge is -2.10. The van der Waals surface area contributed by atoms with Gasteiger partial charge in [0.1, 0.15) is 0 Å². The van der Waals surface area contributed by atoms with Gasteiger partial charge in [-0.2, -0.15) is 5.10 Å². The Labute approximate surface area is 156 Å². The van der Waals surface area contributed by atoms with Gasteiger partial charge in [-0.1, -0.05) is 60.3 Å². The van der Waals surface area contributed by atoms with Crippen molar-refractivity contribution in [3.05, 3.63) is 78.6 Å². The molecule has 0 radical (unpaired) electrons. The average molecular weight is 361 g/mol. The van der Waals surface area contributed by atoms with Crippen LogP contribution in [0.5, 0.6) is 0 Å². The molecule has 2 aromatic heterocycles. The third-order valence-corrected chi connectivity index (χ3v) is 4.99. The van der Waals surface area contributed by atoms with Crippen molar-refractivity contribution in [1.29, 1.82) is 0 Å². The first kappa shape index (κ1) is 16.6. The molecule has 0 unspecified atom stereocenters. The van der Waals surface area contributed by atoms with Crippen molar-refractivity contribution in [1.82, 2.24) is 24.5 Å². The maximum Gasteiger partial charge on any atom is 0.196 e. The van der Waals surface area contributed by atoms with Gasteiger partial charge < -0.3 is 0 Å². The zero-order valence-corrected chi connectivity index (χ0v) is 15.3. The van der Waals surface area contributed by atoms with Crippen molar-refractivity contribution in [2.75, 3.05) is 5.75 Å². The molecule has 0 bridgehead atoms. The van der Waals surface area contributed by atoms with Crippen LogP contribution >= 0.6 is 11.8 Å². The number of hydrogen-bond acceptors (Lipinski definition) is 4. The molecule has 0 aliphatic carbocycles. The van der Waals surface area contributed by atoms with Crippen LogP contribution in [0, 0.1) is 0 Å². The standard InChI is InChI=1S/C20H19N5S/c1-24-15-16(14-21-24)12-13-26-20-23-22-19(17-8-4-2-5-9-17)25(20)18-10-6-3-7-11-18/h2-11,14-15H,12-13H2,1H3. The van der Waals surface area contributed by atoms with Gasteiger partial charge in [0.15, 0.2) is 11.0 Å². The molecule has 0 saturated heterocycles. The summed E-state index contributed by atoms with van der Waals surface area (Å²) in [4.78, 5) is 0. The fourth-order valence-electron chi connectivity index (χ4n) is 2.81. The van der Waals surface area contributed by atoms with Crippen LogP contribution in [0.15, 0.2) is 78.2 Å². The van der Waals surface area contributed by atoms with Crippen molar-refractivity contribution >= 4 is 11.8 Å². The van der Waals surface area contributed by atoms with E-state index in [1.54, 1.807) is 11.8 Å². The van der Waals surface area contributed by atoms with Crippen LogP contribution in [0.4, 0.5) is 0 Å². The lowest BCUT2D eigenvalue weighted by atomic mass is 10.2. The monoisotopic (exact) mass is 361 g/mol. The molecule has 0 spiro atoms. The highest BCUT2D eigenvalue weighted by atomic mass is 32.2. The summed E-state index contributed by atoms with van der Waals surface area (Å²) in [6.45, 7) is 0. The number of aryl methyl sites for hydroxylation is 2. The van der Waals surface area contributed by atoms with Crippen LogP contribution in [0.2, 0.25) is 0 Å². The molecule has 0 aliphatic rings. The van der Waals surface area contributed by atoms with E-state index in [2.05, 4.69) is 50.3 Å². The number of hydrogen-bond donors (Lipinski definition) is 0. The zero-order valence-electron chi connectivity index (χ0n) is 14.5. The zero-order chi connectivity index (χ0) is 17.8. The Balaban J connectivity index is 1.63. The number of rotatable bonds is 6. The fourth-order valence-corrected chi connectivity index (χ4v) is 3.75. The summed E-state index contributed by atoms with van der Waals surface area (Å²) in [5.41, 5.74) is 3.36. The van der Waals surface area contributed by atoms with E-state index in [9.17, 15) is 0 Å². The summed E-state index contributed by atoms with van der Waals surface area (Å²) in [6, 6.07) is 20.4. The summed E-state index contributed by atoms with van der Waals surface area (Å²) in [5.74, 6) is 1.78. The average Bonchev–Trinajstić information content (AvgIpc) is 3.29. The van der Waals surface area contributed by atoms with Gasteiger partial charge in [0.25, 0.3) is 0 Å². The maximum absolute atomic E-state index is 4.47. The van der Waals surface area contributed by atoms with E-state index in [4.69, 9.17) is 0 Å². The summed E-state index contributed by atoms with van der Waals surface area (Å²) in [6.07, 6.45) is 4.91. The van der Waals surface area contributed by atoms with Crippen LogP contribution in [0.1, 0.15) is 5.56 Å². The molecule has 0 atom stereocenters. The molecule has 0 aliphatic heterocycles. The molecule has 2 aromatic carbocycles. The number of aromatic nitrogens is 5. The molecule has 2 heterocycles. The molecule has 0 fully saturated rings. The summed E-state index contributed by atoms with van der Waals surface area (Å²) in [7, 11) is 1.94. The summed E-state index contributed by atoms with van der Waals surface area (Å²) < 4.78 is 3.96. The van der Waals surface area contributed by atoms with Gasteiger partial charge in [-0.15, -0.1) is 10.2 Å². The van der Waals surface area contributed by atoms with Crippen LogP contribution in [0.3, 0.4) is 0 Å². The SMILES string of the molecule is Cn1cc(CCSc2nnc(-c3ccccc3)n2-c2ccccc2)cn1. The van der Waals surface area contributed by atoms with E-state index in [0.29, 0.717) is 0 Å². The lowest BCUT2D eigenvalue weighted by molar-refractivity contribution is 0.767. The molecule has 6 heteroatoms. The molecule has 26 heavy (non-hydrogen) atoms. The summed E-state index contributed by atoms with van der Waals surface area (Å²) >= 11 is 1.71. The molecule has 0 N–H and O–H groups in total. The van der Waals surface area contributed by atoms with Crippen molar-refractivity contribution < 1.29 is 0 Å². The highest BCUT2D eigenvalue weighted by molar-refractivity contribution is 7.99. The molecular formula is C20H19N5S. The minimum Gasteiger partial charge on any atom is -0.276 e. The quantitative estimate of drug-likeness (QED) is 0.487. The van der Waals surface area contributed by atoms with Gasteiger partial charge in [-0.3, -0.25) is 9.25 Å². The predicted molar refractivity (Wildman–Crippen MR) is 104 cm³/mol. The number of nitrogens with zero attached hydrogens (tertiary/aromatic N) is 5. The molecular weight excluding hydrogens is 342 g/mol. The van der Waals surface area contributed by atoms with Crippen LogP contribution in [-0.2, 0) is 13.5 Å². The van der Waals surface area contributed by atoms with E-state index in [1.807, 2.05) is 54.3 Å². The van der Waals surface area contributed by atoms with E-state index < -0.39 is 0 Å². The topological polar surface area (TPSA) is 48.5 Å². The Kier molecular flexibility index (Phi) is 4.84. The highest BCUT2D eigenvalue weighted by Crippen LogP contribution is 2.28. The Morgan fingerprint density at radius 3 is 2.35 bits per heavy atom. The van der Waals surface area contributed by atoms with Crippen LogP contribution in [0.25, 0.3) is 17.1 Å². The first-order chi connectivity index (χ1) is 12.8. The molecule has 4 aromatic rings. The van der Waals surface area contributed by atoms with E-state index in [-0.39, 0.29) is 0 Å². The van der Waals surface area contributed by atoms with Crippen molar-refractivity contribution in [3.8, 4) is 17.1 Å². The minimum atomic E-state index is 0.862. The Hall–Kier alpha value is -2.86. The van der Waals surface area contributed by atoms with E-state index in [0.717, 1.165) is 34.4 Å². The largest absolute Gasteiger partial charge is 0.276 e. The molecule has 5 nitrogen and oxygen atoms in total. The second kappa shape index (κ2) is 7.58. The number of para-hydroxylation sites is 1. The van der Waals surface area contributed by atoms with E-state index in [1.165, 1.54) is 5.56 Å². The molecule has 0 saturated carbocycles. The number of thioether (sulfide) groups is 1. The third-order valence-electron chi connectivity index (χ3n) is 4.06. The van der Waals surface area contributed by atoms with Crippen LogP contribution in [-0.4, -0.2) is 30.3 Å². The van der Waals surface area contributed by atoms with Crippen LogP contribution < -0.4 is 0 Å². The molecule has 4 rings (SSSR count). The van der Waals surface area contributed by atoms with Crippen molar-refractivity contribution in [2.24, 2.45) is 7.05 Å².